The standard InChI is InChI=1S/C11H8ClN3O2S2/c1-4-13-11(19-15-4)18-8-3-7-5(2-6(8)12)9(16)10(17)14-7/h2-3,9,16H,1H3,(H,14,17). The molecule has 3 rings (SSSR count). The fourth-order valence-corrected chi connectivity index (χ4v) is 3.68. The zero-order chi connectivity index (χ0) is 13.6. The SMILES string of the molecule is Cc1nsc(Sc2cc3c(cc2Cl)C(O)C(=O)N3)n1. The summed E-state index contributed by atoms with van der Waals surface area (Å²) in [7, 11) is 0. The van der Waals surface area contributed by atoms with Gasteiger partial charge in [0.1, 0.15) is 5.82 Å². The van der Waals surface area contributed by atoms with E-state index in [9.17, 15) is 9.90 Å². The molecule has 0 saturated carbocycles. The van der Waals surface area contributed by atoms with Gasteiger partial charge in [-0.15, -0.1) is 0 Å². The highest BCUT2D eigenvalue weighted by atomic mass is 35.5. The second kappa shape index (κ2) is 4.75. The number of rotatable bonds is 2. The van der Waals surface area contributed by atoms with Crippen LogP contribution in [0.15, 0.2) is 21.4 Å². The van der Waals surface area contributed by atoms with Crippen molar-refractivity contribution in [3.8, 4) is 0 Å². The summed E-state index contributed by atoms with van der Waals surface area (Å²) in [6, 6.07) is 3.35. The van der Waals surface area contributed by atoms with E-state index < -0.39 is 12.0 Å². The number of nitrogens with zero attached hydrogens (tertiary/aromatic N) is 2. The van der Waals surface area contributed by atoms with Crippen molar-refractivity contribution in [2.75, 3.05) is 5.32 Å². The van der Waals surface area contributed by atoms with Crippen LogP contribution in [-0.2, 0) is 4.79 Å². The average Bonchev–Trinajstić information content (AvgIpc) is 2.87. The Balaban J connectivity index is 1.96. The zero-order valence-corrected chi connectivity index (χ0v) is 12.1. The summed E-state index contributed by atoms with van der Waals surface area (Å²) in [6.07, 6.45) is -1.14. The molecule has 0 aliphatic carbocycles. The second-order valence-corrected chi connectivity index (χ2v) is 6.42. The van der Waals surface area contributed by atoms with E-state index in [1.807, 2.05) is 6.92 Å². The summed E-state index contributed by atoms with van der Waals surface area (Å²) in [5.41, 5.74) is 1.10. The first-order valence-electron chi connectivity index (χ1n) is 5.35. The van der Waals surface area contributed by atoms with E-state index >= 15 is 0 Å². The van der Waals surface area contributed by atoms with Gasteiger partial charge in [-0.3, -0.25) is 4.79 Å². The summed E-state index contributed by atoms with van der Waals surface area (Å²) in [4.78, 5) is 16.4. The Kier molecular flexibility index (Phi) is 3.22. The van der Waals surface area contributed by atoms with E-state index in [1.165, 1.54) is 23.3 Å². The summed E-state index contributed by atoms with van der Waals surface area (Å²) in [5.74, 6) is 0.286. The first-order valence-corrected chi connectivity index (χ1v) is 7.32. The number of benzene rings is 1. The van der Waals surface area contributed by atoms with E-state index in [-0.39, 0.29) is 0 Å². The van der Waals surface area contributed by atoms with Crippen LogP contribution in [0.4, 0.5) is 5.69 Å². The maximum Gasteiger partial charge on any atom is 0.257 e. The minimum atomic E-state index is -1.14. The van der Waals surface area contributed by atoms with Crippen LogP contribution < -0.4 is 5.32 Å². The highest BCUT2D eigenvalue weighted by Crippen LogP contribution is 2.41. The Hall–Kier alpha value is -1.15. The molecule has 0 spiro atoms. The number of anilines is 1. The molecule has 2 aromatic rings. The molecule has 5 nitrogen and oxygen atoms in total. The molecule has 1 amide bonds. The van der Waals surface area contributed by atoms with Crippen LogP contribution in [0.3, 0.4) is 0 Å². The number of halogens is 1. The van der Waals surface area contributed by atoms with Gasteiger partial charge in [0.25, 0.3) is 5.91 Å². The van der Waals surface area contributed by atoms with E-state index in [1.54, 1.807) is 12.1 Å². The summed E-state index contributed by atoms with van der Waals surface area (Å²) in [6.45, 7) is 1.82. The van der Waals surface area contributed by atoms with Crippen LogP contribution in [0.1, 0.15) is 17.5 Å². The van der Waals surface area contributed by atoms with Gasteiger partial charge in [0, 0.05) is 16.1 Å². The molecule has 1 unspecified atom stereocenters. The molecule has 98 valence electrons. The van der Waals surface area contributed by atoms with Crippen LogP contribution in [0.2, 0.25) is 5.02 Å². The lowest BCUT2D eigenvalue weighted by molar-refractivity contribution is -0.123. The Bertz CT molecular complexity index is 674. The van der Waals surface area contributed by atoms with Gasteiger partial charge in [-0.25, -0.2) is 4.98 Å². The van der Waals surface area contributed by atoms with Gasteiger partial charge in [0.2, 0.25) is 0 Å². The van der Waals surface area contributed by atoms with Crippen molar-refractivity contribution in [1.29, 1.82) is 0 Å². The number of hydrogen-bond acceptors (Lipinski definition) is 6. The summed E-state index contributed by atoms with van der Waals surface area (Å²) >= 11 is 8.84. The van der Waals surface area contributed by atoms with Crippen LogP contribution in [0, 0.1) is 6.92 Å². The fraction of sp³-hybridized carbons (Fsp3) is 0.182. The zero-order valence-electron chi connectivity index (χ0n) is 9.68. The number of aliphatic hydroxyl groups is 1. The van der Waals surface area contributed by atoms with E-state index in [4.69, 9.17) is 11.6 Å². The quantitative estimate of drug-likeness (QED) is 0.891. The number of aryl methyl sites for hydroxylation is 1. The topological polar surface area (TPSA) is 75.1 Å². The van der Waals surface area contributed by atoms with Gasteiger partial charge in [-0.05, 0) is 30.6 Å². The maximum atomic E-state index is 11.4. The number of carbonyl (C=O) groups is 1. The molecular weight excluding hydrogens is 306 g/mol. The van der Waals surface area contributed by atoms with Crippen molar-refractivity contribution in [3.05, 3.63) is 28.5 Å². The third-order valence-corrected chi connectivity index (χ3v) is 4.94. The molecule has 0 bridgehead atoms. The van der Waals surface area contributed by atoms with Gasteiger partial charge in [-0.2, -0.15) is 4.37 Å². The number of aromatic nitrogens is 2. The largest absolute Gasteiger partial charge is 0.378 e. The number of hydrogen-bond donors (Lipinski definition) is 2. The monoisotopic (exact) mass is 313 g/mol. The minimum Gasteiger partial charge on any atom is -0.378 e. The molecule has 1 aromatic heterocycles. The van der Waals surface area contributed by atoms with Crippen LogP contribution >= 0.6 is 34.9 Å². The van der Waals surface area contributed by atoms with Crippen molar-refractivity contribution in [2.45, 2.75) is 22.3 Å². The lowest BCUT2D eigenvalue weighted by Crippen LogP contribution is -2.10. The van der Waals surface area contributed by atoms with E-state index in [0.717, 1.165) is 9.24 Å². The summed E-state index contributed by atoms with van der Waals surface area (Å²) in [5, 5.41) is 12.8. The maximum absolute atomic E-state index is 11.4. The first kappa shape index (κ1) is 12.9. The van der Waals surface area contributed by atoms with Crippen molar-refractivity contribution < 1.29 is 9.90 Å². The van der Waals surface area contributed by atoms with Crippen molar-refractivity contribution in [1.82, 2.24) is 9.36 Å². The van der Waals surface area contributed by atoms with Crippen LogP contribution in [0.25, 0.3) is 0 Å². The molecule has 1 atom stereocenters. The van der Waals surface area contributed by atoms with Gasteiger partial charge in [0.15, 0.2) is 10.4 Å². The number of fused-ring (bicyclic) bond motifs is 1. The Morgan fingerprint density at radius 1 is 1.53 bits per heavy atom. The van der Waals surface area contributed by atoms with Gasteiger partial charge >= 0.3 is 0 Å². The Morgan fingerprint density at radius 3 is 3.00 bits per heavy atom. The molecule has 8 heteroatoms. The number of aliphatic hydroxyl groups excluding tert-OH is 1. The molecule has 0 fully saturated rings. The van der Waals surface area contributed by atoms with Crippen LogP contribution in [-0.4, -0.2) is 20.4 Å². The van der Waals surface area contributed by atoms with Gasteiger partial charge in [-0.1, -0.05) is 23.4 Å². The highest BCUT2D eigenvalue weighted by Gasteiger charge is 2.29. The number of amides is 1. The second-order valence-electron chi connectivity index (χ2n) is 3.97. The van der Waals surface area contributed by atoms with Crippen molar-refractivity contribution in [3.63, 3.8) is 0 Å². The van der Waals surface area contributed by atoms with Crippen molar-refractivity contribution in [2.24, 2.45) is 0 Å². The molecule has 19 heavy (non-hydrogen) atoms. The molecular formula is C11H8ClN3O2S2. The molecule has 1 aliphatic heterocycles. The number of nitrogens with one attached hydrogen (secondary N) is 1. The third-order valence-electron chi connectivity index (χ3n) is 2.61. The molecule has 1 aromatic carbocycles. The molecule has 2 heterocycles. The highest BCUT2D eigenvalue weighted by molar-refractivity contribution is 8.01. The Labute approximate surface area is 122 Å². The molecule has 0 radical (unpaired) electrons. The minimum absolute atomic E-state index is 0.431. The predicted molar refractivity (Wildman–Crippen MR) is 73.8 cm³/mol. The Morgan fingerprint density at radius 2 is 2.32 bits per heavy atom. The lowest BCUT2D eigenvalue weighted by atomic mass is 10.1. The van der Waals surface area contributed by atoms with Gasteiger partial charge in [0.05, 0.1) is 5.02 Å². The molecule has 2 N–H and O–H groups in total. The normalized spacial score (nSPS) is 17.4. The predicted octanol–water partition coefficient (Wildman–Crippen LogP) is 2.64. The number of carbonyl (C=O) groups excluding carboxylic acids is 1. The van der Waals surface area contributed by atoms with E-state index in [2.05, 4.69) is 14.7 Å². The summed E-state index contributed by atoms with van der Waals surface area (Å²) < 4.78 is 4.88. The average molecular weight is 314 g/mol. The van der Waals surface area contributed by atoms with Crippen LogP contribution in [0.5, 0.6) is 0 Å². The molecule has 1 aliphatic rings. The van der Waals surface area contributed by atoms with E-state index in [0.29, 0.717) is 22.1 Å². The smallest absolute Gasteiger partial charge is 0.257 e. The van der Waals surface area contributed by atoms with Gasteiger partial charge < -0.3 is 10.4 Å². The first-order chi connectivity index (χ1) is 9.04. The van der Waals surface area contributed by atoms with Crippen molar-refractivity contribution >= 4 is 46.5 Å². The lowest BCUT2D eigenvalue weighted by Gasteiger charge is -2.06. The third kappa shape index (κ3) is 2.34. The molecule has 0 saturated heterocycles. The fourth-order valence-electron chi connectivity index (χ4n) is 1.74.